The highest BCUT2D eigenvalue weighted by Gasteiger charge is 2.57. The lowest BCUT2D eigenvalue weighted by molar-refractivity contribution is -0.144. The number of nitrogens with zero attached hydrogens (tertiary/aromatic N) is 1. The average molecular weight is 225 g/mol. The third-order valence-corrected chi connectivity index (χ3v) is 3.48. The Morgan fingerprint density at radius 3 is 2.62 bits per heavy atom. The Bertz CT molecular complexity index is 312. The van der Waals surface area contributed by atoms with Crippen molar-refractivity contribution in [2.75, 3.05) is 26.7 Å². The third kappa shape index (κ3) is 1.80. The molecule has 1 unspecified atom stereocenters. The zero-order valence-electron chi connectivity index (χ0n) is 9.88. The van der Waals surface area contributed by atoms with Gasteiger partial charge in [0.15, 0.2) is 0 Å². The predicted octanol–water partition coefficient (Wildman–Crippen LogP) is -0.667. The van der Waals surface area contributed by atoms with Gasteiger partial charge in [0.05, 0.1) is 0 Å². The lowest BCUT2D eigenvalue weighted by atomic mass is 10.0. The highest BCUT2D eigenvalue weighted by atomic mass is 16.2. The van der Waals surface area contributed by atoms with Crippen LogP contribution >= 0.6 is 0 Å². The molecule has 1 aliphatic heterocycles. The molecular formula is C11H19N3O2. The summed E-state index contributed by atoms with van der Waals surface area (Å²) in [6, 6.07) is 0.318. The molecule has 1 atom stereocenters. The number of hydrogen-bond acceptors (Lipinski definition) is 3. The summed E-state index contributed by atoms with van der Waals surface area (Å²) in [5.74, 6) is -0.108. The van der Waals surface area contributed by atoms with Gasteiger partial charge in [-0.25, -0.2) is 0 Å². The largest absolute Gasteiger partial charge is 0.358 e. The molecule has 0 aromatic rings. The van der Waals surface area contributed by atoms with Gasteiger partial charge < -0.3 is 15.5 Å². The van der Waals surface area contributed by atoms with E-state index in [1.54, 1.807) is 7.05 Å². The minimum absolute atomic E-state index is 0.0141. The molecule has 2 rings (SSSR count). The number of nitrogens with one attached hydrogen (secondary N) is 2. The smallest absolute Gasteiger partial charge is 0.238 e. The van der Waals surface area contributed by atoms with Gasteiger partial charge in [0.1, 0.15) is 5.41 Å². The first-order valence-electron chi connectivity index (χ1n) is 5.85. The van der Waals surface area contributed by atoms with Crippen molar-refractivity contribution in [3.05, 3.63) is 0 Å². The Balaban J connectivity index is 2.04. The Morgan fingerprint density at radius 1 is 1.44 bits per heavy atom. The van der Waals surface area contributed by atoms with Crippen LogP contribution in [0.4, 0.5) is 0 Å². The molecule has 1 saturated carbocycles. The molecule has 0 spiro atoms. The SMILES string of the molecule is CNC(=O)C1(C(=O)N2CCNC(C)C2)CC1. The summed E-state index contributed by atoms with van der Waals surface area (Å²) in [5, 5.41) is 5.88. The van der Waals surface area contributed by atoms with Gasteiger partial charge in [-0.3, -0.25) is 9.59 Å². The minimum Gasteiger partial charge on any atom is -0.358 e. The van der Waals surface area contributed by atoms with E-state index in [0.717, 1.165) is 6.54 Å². The summed E-state index contributed by atoms with van der Waals surface area (Å²) >= 11 is 0. The van der Waals surface area contributed by atoms with Gasteiger partial charge in [0.2, 0.25) is 11.8 Å². The van der Waals surface area contributed by atoms with E-state index in [9.17, 15) is 9.59 Å². The van der Waals surface area contributed by atoms with Crippen molar-refractivity contribution in [3.63, 3.8) is 0 Å². The van der Waals surface area contributed by atoms with E-state index in [0.29, 0.717) is 32.0 Å². The molecular weight excluding hydrogens is 206 g/mol. The first kappa shape index (κ1) is 11.4. The van der Waals surface area contributed by atoms with Gasteiger partial charge in [-0.15, -0.1) is 0 Å². The van der Waals surface area contributed by atoms with Gasteiger partial charge in [0, 0.05) is 32.7 Å². The quantitative estimate of drug-likeness (QED) is 0.613. The number of hydrogen-bond donors (Lipinski definition) is 2. The summed E-state index contributed by atoms with van der Waals surface area (Å²) < 4.78 is 0. The predicted molar refractivity (Wildman–Crippen MR) is 59.8 cm³/mol. The summed E-state index contributed by atoms with van der Waals surface area (Å²) in [6.07, 6.45) is 1.40. The molecule has 1 heterocycles. The van der Waals surface area contributed by atoms with Crippen LogP contribution in [-0.4, -0.2) is 49.4 Å². The lowest BCUT2D eigenvalue weighted by Crippen LogP contribution is -2.55. The van der Waals surface area contributed by atoms with Crippen LogP contribution in [0.2, 0.25) is 0 Å². The molecule has 1 saturated heterocycles. The average Bonchev–Trinajstić information content (AvgIpc) is 3.08. The van der Waals surface area contributed by atoms with Gasteiger partial charge in [0.25, 0.3) is 0 Å². The third-order valence-electron chi connectivity index (χ3n) is 3.48. The maximum Gasteiger partial charge on any atom is 0.238 e. The van der Waals surface area contributed by atoms with Crippen LogP contribution < -0.4 is 10.6 Å². The summed E-state index contributed by atoms with van der Waals surface area (Å²) in [5.41, 5.74) is -0.730. The van der Waals surface area contributed by atoms with Gasteiger partial charge in [-0.2, -0.15) is 0 Å². The second kappa shape index (κ2) is 4.05. The molecule has 5 heteroatoms. The second-order valence-electron chi connectivity index (χ2n) is 4.77. The van der Waals surface area contributed by atoms with Gasteiger partial charge >= 0.3 is 0 Å². The minimum atomic E-state index is -0.730. The number of piperazine rings is 1. The normalized spacial score (nSPS) is 27.4. The molecule has 2 aliphatic rings. The van der Waals surface area contributed by atoms with Crippen molar-refractivity contribution in [2.45, 2.75) is 25.8 Å². The van der Waals surface area contributed by atoms with Crippen molar-refractivity contribution >= 4 is 11.8 Å². The fraction of sp³-hybridized carbons (Fsp3) is 0.818. The Labute approximate surface area is 95.6 Å². The molecule has 16 heavy (non-hydrogen) atoms. The Kier molecular flexibility index (Phi) is 2.88. The number of amides is 2. The second-order valence-corrected chi connectivity index (χ2v) is 4.77. The monoisotopic (exact) mass is 225 g/mol. The fourth-order valence-corrected chi connectivity index (χ4v) is 2.32. The zero-order valence-corrected chi connectivity index (χ0v) is 9.88. The van der Waals surface area contributed by atoms with E-state index in [1.807, 2.05) is 4.90 Å². The van der Waals surface area contributed by atoms with E-state index in [4.69, 9.17) is 0 Å². The molecule has 0 aromatic heterocycles. The molecule has 0 radical (unpaired) electrons. The number of rotatable bonds is 2. The highest BCUT2D eigenvalue weighted by Crippen LogP contribution is 2.47. The van der Waals surface area contributed by atoms with E-state index < -0.39 is 5.41 Å². The van der Waals surface area contributed by atoms with E-state index in [1.165, 1.54) is 0 Å². The Hall–Kier alpha value is -1.10. The van der Waals surface area contributed by atoms with Crippen LogP contribution in [0.15, 0.2) is 0 Å². The zero-order chi connectivity index (χ0) is 11.8. The molecule has 2 fully saturated rings. The topological polar surface area (TPSA) is 61.4 Å². The molecule has 90 valence electrons. The maximum atomic E-state index is 12.3. The molecule has 2 amide bonds. The standard InChI is InChI=1S/C11H19N3O2/c1-8-7-14(6-5-13-8)10(16)11(3-4-11)9(15)12-2/h8,13H,3-7H2,1-2H3,(H,12,15). The van der Waals surface area contributed by atoms with Crippen molar-refractivity contribution in [3.8, 4) is 0 Å². The van der Waals surface area contributed by atoms with Crippen LogP contribution in [0.5, 0.6) is 0 Å². The van der Waals surface area contributed by atoms with Crippen LogP contribution in [0, 0.1) is 5.41 Å². The molecule has 1 aliphatic carbocycles. The van der Waals surface area contributed by atoms with E-state index in [2.05, 4.69) is 17.6 Å². The van der Waals surface area contributed by atoms with Crippen molar-refractivity contribution < 1.29 is 9.59 Å². The maximum absolute atomic E-state index is 12.3. The summed E-state index contributed by atoms with van der Waals surface area (Å²) in [7, 11) is 1.59. The molecule has 2 N–H and O–H groups in total. The highest BCUT2D eigenvalue weighted by molar-refractivity contribution is 6.07. The van der Waals surface area contributed by atoms with Gasteiger partial charge in [-0.05, 0) is 19.8 Å². The number of carbonyl (C=O) groups excluding carboxylic acids is 2. The van der Waals surface area contributed by atoms with Crippen molar-refractivity contribution in [1.82, 2.24) is 15.5 Å². The first-order valence-corrected chi connectivity index (χ1v) is 5.85. The van der Waals surface area contributed by atoms with Gasteiger partial charge in [-0.1, -0.05) is 0 Å². The van der Waals surface area contributed by atoms with Crippen molar-refractivity contribution in [1.29, 1.82) is 0 Å². The first-order chi connectivity index (χ1) is 7.60. The molecule has 0 aromatic carbocycles. The van der Waals surface area contributed by atoms with Crippen molar-refractivity contribution in [2.24, 2.45) is 5.41 Å². The van der Waals surface area contributed by atoms with E-state index >= 15 is 0 Å². The Morgan fingerprint density at radius 2 is 2.12 bits per heavy atom. The fourth-order valence-electron chi connectivity index (χ4n) is 2.32. The lowest BCUT2D eigenvalue weighted by Gasteiger charge is -2.34. The molecule has 0 bridgehead atoms. The summed E-state index contributed by atoms with van der Waals surface area (Å²) in [4.78, 5) is 25.8. The van der Waals surface area contributed by atoms with E-state index in [-0.39, 0.29) is 11.8 Å². The van der Waals surface area contributed by atoms with Crippen LogP contribution in [0.25, 0.3) is 0 Å². The van der Waals surface area contributed by atoms with Crippen LogP contribution in [0.1, 0.15) is 19.8 Å². The van der Waals surface area contributed by atoms with Crippen LogP contribution in [-0.2, 0) is 9.59 Å². The molecule has 5 nitrogen and oxygen atoms in total. The summed E-state index contributed by atoms with van der Waals surface area (Å²) in [6.45, 7) is 4.29. The van der Waals surface area contributed by atoms with Crippen LogP contribution in [0.3, 0.4) is 0 Å². The number of carbonyl (C=O) groups is 2.